The van der Waals surface area contributed by atoms with Gasteiger partial charge in [-0.05, 0) is 50.1 Å². The van der Waals surface area contributed by atoms with Crippen LogP contribution in [0.2, 0.25) is 0 Å². The quantitative estimate of drug-likeness (QED) is 0.730. The minimum absolute atomic E-state index is 0.0909. The number of anilines is 1. The molecule has 0 aliphatic carbocycles. The molecule has 19 heavy (non-hydrogen) atoms. The van der Waals surface area contributed by atoms with E-state index in [4.69, 9.17) is 0 Å². The van der Waals surface area contributed by atoms with E-state index in [9.17, 15) is 9.90 Å². The molecule has 0 radical (unpaired) electrons. The molecule has 2 rings (SSSR count). The van der Waals surface area contributed by atoms with E-state index < -0.39 is 0 Å². The molecule has 1 aromatic rings. The molecule has 0 spiro atoms. The smallest absolute Gasteiger partial charge is 0.231 e. The Bertz CT molecular complexity index is 465. The Balaban J connectivity index is 2.15. The molecule has 0 saturated carbocycles. The fourth-order valence-electron chi connectivity index (χ4n) is 2.79. The van der Waals surface area contributed by atoms with Gasteiger partial charge in [-0.15, -0.1) is 0 Å². The lowest BCUT2D eigenvalue weighted by molar-refractivity contribution is -0.125. The molecule has 1 aromatic carbocycles. The number of hydrogen-bond donors (Lipinski definition) is 3. The van der Waals surface area contributed by atoms with Crippen LogP contribution in [0, 0.1) is 12.3 Å². The maximum absolute atomic E-state index is 12.6. The summed E-state index contributed by atoms with van der Waals surface area (Å²) in [4.78, 5) is 12.6. The molecule has 1 aliphatic rings. The lowest BCUT2D eigenvalue weighted by Crippen LogP contribution is -2.38. The first-order valence-electron chi connectivity index (χ1n) is 6.89. The second kappa shape index (κ2) is 5.61. The molecule has 3 N–H and O–H groups in total. The Kier molecular flexibility index (Phi) is 4.10. The third-order valence-electron chi connectivity index (χ3n) is 3.91. The largest absolute Gasteiger partial charge is 0.508 e. The number of aromatic hydroxyl groups is 1. The maximum atomic E-state index is 12.6. The lowest BCUT2D eigenvalue weighted by atomic mass is 9.81. The zero-order valence-corrected chi connectivity index (χ0v) is 11.6. The minimum Gasteiger partial charge on any atom is -0.508 e. The van der Waals surface area contributed by atoms with Gasteiger partial charge in [-0.25, -0.2) is 0 Å². The molecule has 0 aromatic heterocycles. The van der Waals surface area contributed by atoms with Gasteiger partial charge in [-0.3, -0.25) is 4.79 Å². The number of rotatable bonds is 4. The highest BCUT2D eigenvalue weighted by atomic mass is 16.3. The van der Waals surface area contributed by atoms with E-state index in [1.807, 2.05) is 6.92 Å². The van der Waals surface area contributed by atoms with Crippen LogP contribution in [-0.4, -0.2) is 24.1 Å². The van der Waals surface area contributed by atoms with Gasteiger partial charge >= 0.3 is 0 Å². The molecule has 104 valence electrons. The summed E-state index contributed by atoms with van der Waals surface area (Å²) in [7, 11) is 0. The molecule has 1 aliphatic heterocycles. The van der Waals surface area contributed by atoms with Gasteiger partial charge in [-0.2, -0.15) is 0 Å². The molecule has 1 fully saturated rings. The van der Waals surface area contributed by atoms with Crippen molar-refractivity contribution in [1.29, 1.82) is 0 Å². The Morgan fingerprint density at radius 3 is 2.89 bits per heavy atom. The molecular weight excluding hydrogens is 240 g/mol. The molecule has 4 nitrogen and oxygen atoms in total. The molecule has 1 unspecified atom stereocenters. The van der Waals surface area contributed by atoms with Crippen molar-refractivity contribution in [3.63, 3.8) is 0 Å². The number of carbonyl (C=O) groups is 1. The van der Waals surface area contributed by atoms with E-state index in [0.29, 0.717) is 0 Å². The van der Waals surface area contributed by atoms with Gasteiger partial charge in [-0.1, -0.05) is 13.3 Å². The van der Waals surface area contributed by atoms with Gasteiger partial charge in [0.05, 0.1) is 5.41 Å². The minimum atomic E-state index is -0.279. The topological polar surface area (TPSA) is 61.4 Å². The molecule has 1 atom stereocenters. The summed E-state index contributed by atoms with van der Waals surface area (Å²) in [6.45, 7) is 5.65. The molecular formula is C15H22N2O2. The number of benzene rings is 1. The van der Waals surface area contributed by atoms with Crippen LogP contribution in [-0.2, 0) is 4.79 Å². The highest BCUT2D eigenvalue weighted by molar-refractivity contribution is 5.96. The molecule has 4 heteroatoms. The van der Waals surface area contributed by atoms with Gasteiger partial charge in [0.25, 0.3) is 0 Å². The van der Waals surface area contributed by atoms with Crippen LogP contribution in [0.4, 0.5) is 5.69 Å². The Morgan fingerprint density at radius 1 is 1.53 bits per heavy atom. The number of amides is 1. The van der Waals surface area contributed by atoms with Gasteiger partial charge in [0.2, 0.25) is 5.91 Å². The van der Waals surface area contributed by atoms with Crippen molar-refractivity contribution in [2.75, 3.05) is 18.4 Å². The summed E-state index contributed by atoms with van der Waals surface area (Å²) in [6, 6.07) is 5.02. The second-order valence-electron chi connectivity index (χ2n) is 5.41. The van der Waals surface area contributed by atoms with Crippen molar-refractivity contribution in [3.8, 4) is 5.75 Å². The Morgan fingerprint density at radius 2 is 2.32 bits per heavy atom. The van der Waals surface area contributed by atoms with Gasteiger partial charge in [0, 0.05) is 12.2 Å². The highest BCUT2D eigenvalue weighted by Crippen LogP contribution is 2.33. The average molecular weight is 262 g/mol. The normalized spacial score (nSPS) is 22.4. The summed E-state index contributed by atoms with van der Waals surface area (Å²) in [5.74, 6) is 0.314. The van der Waals surface area contributed by atoms with Crippen molar-refractivity contribution < 1.29 is 9.90 Å². The summed E-state index contributed by atoms with van der Waals surface area (Å²) < 4.78 is 0. The summed E-state index contributed by atoms with van der Waals surface area (Å²) >= 11 is 0. The second-order valence-corrected chi connectivity index (χ2v) is 5.41. The van der Waals surface area contributed by atoms with Crippen LogP contribution in [0.1, 0.15) is 31.7 Å². The van der Waals surface area contributed by atoms with Crippen LogP contribution < -0.4 is 10.6 Å². The average Bonchev–Trinajstić information content (AvgIpc) is 2.83. The van der Waals surface area contributed by atoms with Gasteiger partial charge < -0.3 is 15.7 Å². The number of carbonyl (C=O) groups excluding carboxylic acids is 1. The van der Waals surface area contributed by atoms with Crippen molar-refractivity contribution in [2.24, 2.45) is 5.41 Å². The first-order chi connectivity index (χ1) is 9.07. The van der Waals surface area contributed by atoms with Crippen molar-refractivity contribution in [3.05, 3.63) is 23.8 Å². The first kappa shape index (κ1) is 13.9. The van der Waals surface area contributed by atoms with E-state index in [2.05, 4.69) is 17.6 Å². The van der Waals surface area contributed by atoms with Crippen LogP contribution >= 0.6 is 0 Å². The van der Waals surface area contributed by atoms with E-state index in [1.54, 1.807) is 18.2 Å². The lowest BCUT2D eigenvalue weighted by Gasteiger charge is -2.26. The van der Waals surface area contributed by atoms with Crippen molar-refractivity contribution >= 4 is 11.6 Å². The number of nitrogens with one attached hydrogen (secondary N) is 2. The predicted octanol–water partition coefficient (Wildman–Crippen LogP) is 2.42. The number of phenolic OH excluding ortho intramolecular Hbond substituents is 1. The fourth-order valence-corrected chi connectivity index (χ4v) is 2.79. The summed E-state index contributed by atoms with van der Waals surface area (Å²) in [6.07, 6.45) is 2.80. The third kappa shape index (κ3) is 2.89. The molecule has 0 bridgehead atoms. The van der Waals surface area contributed by atoms with Gasteiger partial charge in [0.15, 0.2) is 0 Å². The number of hydrogen-bond acceptors (Lipinski definition) is 3. The Hall–Kier alpha value is -1.55. The van der Waals surface area contributed by atoms with Crippen LogP contribution in [0.15, 0.2) is 18.2 Å². The molecule has 1 amide bonds. The monoisotopic (exact) mass is 262 g/mol. The fraction of sp³-hybridized carbons (Fsp3) is 0.533. The van der Waals surface area contributed by atoms with E-state index in [1.165, 1.54) is 0 Å². The van der Waals surface area contributed by atoms with Crippen LogP contribution in [0.25, 0.3) is 0 Å². The molecule has 1 saturated heterocycles. The zero-order chi connectivity index (χ0) is 13.9. The Labute approximate surface area is 114 Å². The zero-order valence-electron chi connectivity index (χ0n) is 11.6. The van der Waals surface area contributed by atoms with E-state index >= 15 is 0 Å². The summed E-state index contributed by atoms with van der Waals surface area (Å²) in [5.41, 5.74) is 1.38. The molecule has 1 heterocycles. The van der Waals surface area contributed by atoms with E-state index in [-0.39, 0.29) is 17.1 Å². The van der Waals surface area contributed by atoms with Gasteiger partial charge in [0.1, 0.15) is 5.75 Å². The third-order valence-corrected chi connectivity index (χ3v) is 3.91. The van der Waals surface area contributed by atoms with Crippen molar-refractivity contribution in [1.82, 2.24) is 5.32 Å². The van der Waals surface area contributed by atoms with Crippen LogP contribution in [0.3, 0.4) is 0 Å². The van der Waals surface area contributed by atoms with Crippen LogP contribution in [0.5, 0.6) is 5.75 Å². The summed E-state index contributed by atoms with van der Waals surface area (Å²) in [5, 5.41) is 15.7. The SMILES string of the molecule is CCCC1(C(=O)Nc2ccc(O)cc2C)CCNC1. The van der Waals surface area contributed by atoms with Crippen molar-refractivity contribution in [2.45, 2.75) is 33.1 Å². The number of phenols is 1. The maximum Gasteiger partial charge on any atom is 0.231 e. The van der Waals surface area contributed by atoms with E-state index in [0.717, 1.165) is 43.6 Å². The number of aryl methyl sites for hydroxylation is 1. The first-order valence-corrected chi connectivity index (χ1v) is 6.89. The predicted molar refractivity (Wildman–Crippen MR) is 76.3 cm³/mol. The highest BCUT2D eigenvalue weighted by Gasteiger charge is 2.40. The standard InChI is InChI=1S/C15H22N2O2/c1-3-6-15(7-8-16-10-15)14(19)17-13-5-4-12(18)9-11(13)2/h4-5,9,16,18H,3,6-8,10H2,1-2H3,(H,17,19).